The van der Waals surface area contributed by atoms with Crippen molar-refractivity contribution in [3.8, 4) is 23.3 Å². The predicted octanol–water partition coefficient (Wildman–Crippen LogP) is 2.74. The van der Waals surface area contributed by atoms with Gasteiger partial charge in [0, 0.05) is 26.2 Å². The molecule has 1 atom stereocenters. The van der Waals surface area contributed by atoms with E-state index in [0.717, 1.165) is 11.3 Å². The second-order valence-corrected chi connectivity index (χ2v) is 6.67. The van der Waals surface area contributed by atoms with Crippen molar-refractivity contribution in [3.05, 3.63) is 53.6 Å². The van der Waals surface area contributed by atoms with E-state index in [9.17, 15) is 10.1 Å². The van der Waals surface area contributed by atoms with Crippen molar-refractivity contribution >= 4 is 5.91 Å². The minimum atomic E-state index is -0.362. The average Bonchev–Trinajstić information content (AvgIpc) is 2.79. The third-order valence-electron chi connectivity index (χ3n) is 5.16. The number of carbonyl (C=O) groups excluding carboxylic acids is 1. The summed E-state index contributed by atoms with van der Waals surface area (Å²) >= 11 is 0. The Morgan fingerprint density at radius 3 is 2.00 bits per heavy atom. The zero-order chi connectivity index (χ0) is 20.8. The van der Waals surface area contributed by atoms with E-state index in [0.29, 0.717) is 43.2 Å². The molecule has 0 spiro atoms. The SMILES string of the molecule is COc1ccc(C(C#N)N2CCN(C(=O)c3c(OC)cccc3OC)CC2)cc1. The number of hydrogen-bond acceptors (Lipinski definition) is 6. The number of methoxy groups -OCH3 is 3. The first kappa shape index (κ1) is 20.5. The highest BCUT2D eigenvalue weighted by Crippen LogP contribution is 2.30. The molecule has 1 aliphatic heterocycles. The van der Waals surface area contributed by atoms with E-state index in [4.69, 9.17) is 14.2 Å². The average molecular weight is 395 g/mol. The second kappa shape index (κ2) is 9.30. The monoisotopic (exact) mass is 395 g/mol. The van der Waals surface area contributed by atoms with Gasteiger partial charge in [-0.15, -0.1) is 0 Å². The Bertz CT molecular complexity index is 862. The molecule has 0 aliphatic carbocycles. The fourth-order valence-corrected chi connectivity index (χ4v) is 3.56. The Balaban J connectivity index is 1.71. The van der Waals surface area contributed by atoms with Crippen LogP contribution < -0.4 is 14.2 Å². The lowest BCUT2D eigenvalue weighted by atomic mass is 10.0. The Labute approximate surface area is 171 Å². The summed E-state index contributed by atoms with van der Waals surface area (Å²) in [6.07, 6.45) is 0. The van der Waals surface area contributed by atoms with E-state index in [1.54, 1.807) is 30.2 Å². The number of nitriles is 1. The van der Waals surface area contributed by atoms with Gasteiger partial charge in [0.05, 0.1) is 27.4 Å². The van der Waals surface area contributed by atoms with Crippen LogP contribution in [-0.2, 0) is 0 Å². The van der Waals surface area contributed by atoms with Gasteiger partial charge in [0.25, 0.3) is 5.91 Å². The number of hydrogen-bond donors (Lipinski definition) is 0. The first-order valence-electron chi connectivity index (χ1n) is 9.40. The van der Waals surface area contributed by atoms with E-state index in [1.165, 1.54) is 14.2 Å². The molecule has 2 aromatic rings. The van der Waals surface area contributed by atoms with Gasteiger partial charge in [-0.25, -0.2) is 0 Å². The van der Waals surface area contributed by atoms with Crippen LogP contribution >= 0.6 is 0 Å². The van der Waals surface area contributed by atoms with Gasteiger partial charge in [-0.05, 0) is 29.8 Å². The highest BCUT2D eigenvalue weighted by molar-refractivity contribution is 5.99. The first-order valence-corrected chi connectivity index (χ1v) is 9.40. The number of amides is 1. The van der Waals surface area contributed by atoms with Crippen molar-refractivity contribution in [2.24, 2.45) is 0 Å². The van der Waals surface area contributed by atoms with Crippen LogP contribution in [0.4, 0.5) is 0 Å². The van der Waals surface area contributed by atoms with Gasteiger partial charge >= 0.3 is 0 Å². The molecule has 1 unspecified atom stereocenters. The van der Waals surface area contributed by atoms with Gasteiger partial charge in [0.2, 0.25) is 0 Å². The lowest BCUT2D eigenvalue weighted by Crippen LogP contribution is -2.49. The van der Waals surface area contributed by atoms with Crippen molar-refractivity contribution in [2.45, 2.75) is 6.04 Å². The molecule has 0 radical (unpaired) electrons. The van der Waals surface area contributed by atoms with Crippen LogP contribution in [0.3, 0.4) is 0 Å². The zero-order valence-electron chi connectivity index (χ0n) is 16.9. The molecule has 2 aromatic carbocycles. The molecular formula is C22H25N3O4. The summed E-state index contributed by atoms with van der Waals surface area (Å²) in [6, 6.07) is 14.8. The standard InChI is InChI=1S/C22H25N3O4/c1-27-17-9-7-16(8-10-17)18(15-23)24-11-13-25(14-12-24)22(26)21-19(28-2)5-4-6-20(21)29-3/h4-10,18H,11-14H2,1-3H3. The van der Waals surface area contributed by atoms with Crippen molar-refractivity contribution in [1.29, 1.82) is 5.26 Å². The number of ether oxygens (including phenoxy) is 3. The molecule has 3 rings (SSSR count). The number of piperazine rings is 1. The fraction of sp³-hybridized carbons (Fsp3) is 0.364. The Kier molecular flexibility index (Phi) is 6.57. The summed E-state index contributed by atoms with van der Waals surface area (Å²) in [5, 5.41) is 9.71. The van der Waals surface area contributed by atoms with E-state index in [-0.39, 0.29) is 11.9 Å². The van der Waals surface area contributed by atoms with Crippen molar-refractivity contribution in [1.82, 2.24) is 9.80 Å². The fourth-order valence-electron chi connectivity index (χ4n) is 3.56. The number of carbonyl (C=O) groups is 1. The first-order chi connectivity index (χ1) is 14.1. The molecule has 29 heavy (non-hydrogen) atoms. The van der Waals surface area contributed by atoms with Crippen molar-refractivity contribution in [3.63, 3.8) is 0 Å². The van der Waals surface area contributed by atoms with Gasteiger partial charge in [-0.3, -0.25) is 9.69 Å². The minimum Gasteiger partial charge on any atom is -0.497 e. The largest absolute Gasteiger partial charge is 0.497 e. The quantitative estimate of drug-likeness (QED) is 0.749. The normalized spacial score (nSPS) is 15.3. The summed E-state index contributed by atoms with van der Waals surface area (Å²) in [4.78, 5) is 17.0. The molecule has 0 saturated carbocycles. The molecule has 1 fully saturated rings. The van der Waals surface area contributed by atoms with Crippen LogP contribution in [0.15, 0.2) is 42.5 Å². The van der Waals surface area contributed by atoms with Crippen LogP contribution in [0.1, 0.15) is 22.0 Å². The summed E-state index contributed by atoms with van der Waals surface area (Å²) in [7, 11) is 4.69. The Hall–Kier alpha value is -3.24. The lowest BCUT2D eigenvalue weighted by molar-refractivity contribution is 0.0600. The molecule has 1 aliphatic rings. The highest BCUT2D eigenvalue weighted by Gasteiger charge is 2.30. The molecule has 1 amide bonds. The molecule has 7 heteroatoms. The van der Waals surface area contributed by atoms with Crippen LogP contribution in [0.5, 0.6) is 17.2 Å². The van der Waals surface area contributed by atoms with Crippen molar-refractivity contribution < 1.29 is 19.0 Å². The molecule has 152 valence electrons. The van der Waals surface area contributed by atoms with E-state index in [2.05, 4.69) is 11.0 Å². The lowest BCUT2D eigenvalue weighted by Gasteiger charge is -2.37. The smallest absolute Gasteiger partial charge is 0.261 e. The maximum Gasteiger partial charge on any atom is 0.261 e. The molecule has 0 N–H and O–H groups in total. The van der Waals surface area contributed by atoms with Crippen LogP contribution in [0, 0.1) is 11.3 Å². The van der Waals surface area contributed by atoms with Gasteiger partial charge in [0.1, 0.15) is 28.9 Å². The molecular weight excluding hydrogens is 370 g/mol. The molecule has 1 saturated heterocycles. The number of benzene rings is 2. The van der Waals surface area contributed by atoms with Gasteiger partial charge in [-0.1, -0.05) is 18.2 Å². The van der Waals surface area contributed by atoms with Gasteiger partial charge in [-0.2, -0.15) is 5.26 Å². The molecule has 0 aromatic heterocycles. The van der Waals surface area contributed by atoms with Gasteiger partial charge < -0.3 is 19.1 Å². The second-order valence-electron chi connectivity index (χ2n) is 6.67. The predicted molar refractivity (Wildman–Crippen MR) is 108 cm³/mol. The van der Waals surface area contributed by atoms with Crippen LogP contribution in [0.2, 0.25) is 0 Å². The third kappa shape index (κ3) is 4.28. The van der Waals surface area contributed by atoms with Crippen molar-refractivity contribution in [2.75, 3.05) is 47.5 Å². The maximum atomic E-state index is 13.1. The summed E-state index contributed by atoms with van der Waals surface area (Å²) in [5.74, 6) is 1.61. The summed E-state index contributed by atoms with van der Waals surface area (Å²) in [5.41, 5.74) is 1.34. The third-order valence-corrected chi connectivity index (χ3v) is 5.16. The number of rotatable bonds is 6. The van der Waals surface area contributed by atoms with E-state index >= 15 is 0 Å². The molecule has 7 nitrogen and oxygen atoms in total. The Morgan fingerprint density at radius 2 is 1.52 bits per heavy atom. The summed E-state index contributed by atoms with van der Waals surface area (Å²) in [6.45, 7) is 2.25. The molecule has 0 bridgehead atoms. The number of nitrogens with zero attached hydrogens (tertiary/aromatic N) is 3. The maximum absolute atomic E-state index is 13.1. The van der Waals surface area contributed by atoms with Crippen LogP contribution in [-0.4, -0.2) is 63.2 Å². The van der Waals surface area contributed by atoms with E-state index in [1.807, 2.05) is 24.3 Å². The van der Waals surface area contributed by atoms with Gasteiger partial charge in [0.15, 0.2) is 0 Å². The molecule has 1 heterocycles. The van der Waals surface area contributed by atoms with E-state index < -0.39 is 0 Å². The summed E-state index contributed by atoms with van der Waals surface area (Å²) < 4.78 is 15.9. The highest BCUT2D eigenvalue weighted by atomic mass is 16.5. The minimum absolute atomic E-state index is 0.128. The van der Waals surface area contributed by atoms with Crippen LogP contribution in [0.25, 0.3) is 0 Å². The zero-order valence-corrected chi connectivity index (χ0v) is 16.9. The topological polar surface area (TPSA) is 75.0 Å². The Morgan fingerprint density at radius 1 is 0.931 bits per heavy atom.